The zero-order valence-electron chi connectivity index (χ0n) is 12.7. The Morgan fingerprint density at radius 1 is 1.22 bits per heavy atom. The molecule has 0 aliphatic carbocycles. The van der Waals surface area contributed by atoms with Crippen LogP contribution in [0.5, 0.6) is 0 Å². The van der Waals surface area contributed by atoms with Crippen molar-refractivity contribution in [1.82, 2.24) is 9.55 Å². The minimum atomic E-state index is 0.0889. The van der Waals surface area contributed by atoms with Crippen molar-refractivity contribution in [2.24, 2.45) is 0 Å². The molecule has 0 amide bonds. The van der Waals surface area contributed by atoms with E-state index < -0.39 is 0 Å². The van der Waals surface area contributed by atoms with Gasteiger partial charge in [-0.15, -0.1) is 11.8 Å². The minimum absolute atomic E-state index is 0.0889. The molecule has 23 heavy (non-hydrogen) atoms. The molecule has 1 atom stereocenters. The second kappa shape index (κ2) is 6.06. The maximum Gasteiger partial charge on any atom is 0.262 e. The van der Waals surface area contributed by atoms with Gasteiger partial charge in [-0.2, -0.15) is 0 Å². The molecule has 1 aromatic heterocycles. The van der Waals surface area contributed by atoms with E-state index in [9.17, 15) is 4.79 Å². The van der Waals surface area contributed by atoms with Crippen molar-refractivity contribution in [3.63, 3.8) is 0 Å². The van der Waals surface area contributed by atoms with Gasteiger partial charge >= 0.3 is 0 Å². The summed E-state index contributed by atoms with van der Waals surface area (Å²) in [7, 11) is 0. The monoisotopic (exact) mass is 340 g/mol. The number of thioether (sulfide) groups is 2. The molecule has 0 spiro atoms. The Labute approximate surface area is 143 Å². The SMILES string of the molecule is Cc1ccccc1SC[C@@H]1CSc2nc3ccccc3c(=O)n21. The molecule has 4 rings (SSSR count). The van der Waals surface area contributed by atoms with Crippen LogP contribution in [0.4, 0.5) is 0 Å². The lowest BCUT2D eigenvalue weighted by Crippen LogP contribution is -2.25. The molecule has 0 unspecified atom stereocenters. The first-order valence-corrected chi connectivity index (χ1v) is 9.53. The van der Waals surface area contributed by atoms with Crippen molar-refractivity contribution in [1.29, 1.82) is 0 Å². The normalized spacial score (nSPS) is 16.7. The fourth-order valence-electron chi connectivity index (χ4n) is 2.82. The number of benzene rings is 2. The minimum Gasteiger partial charge on any atom is -0.282 e. The molecular formula is C18H16N2OS2. The average Bonchev–Trinajstić information content (AvgIpc) is 2.98. The molecule has 0 saturated carbocycles. The van der Waals surface area contributed by atoms with Crippen molar-refractivity contribution in [3.05, 3.63) is 64.4 Å². The van der Waals surface area contributed by atoms with E-state index in [0.717, 1.165) is 22.2 Å². The number of hydrogen-bond donors (Lipinski definition) is 0. The number of aryl methyl sites for hydroxylation is 1. The molecule has 0 N–H and O–H groups in total. The zero-order valence-corrected chi connectivity index (χ0v) is 14.4. The lowest BCUT2D eigenvalue weighted by molar-refractivity contribution is 0.558. The van der Waals surface area contributed by atoms with Crippen molar-refractivity contribution >= 4 is 34.4 Å². The molecule has 3 nitrogen and oxygen atoms in total. The molecule has 3 aromatic rings. The van der Waals surface area contributed by atoms with Crippen molar-refractivity contribution in [2.75, 3.05) is 11.5 Å². The van der Waals surface area contributed by atoms with Crippen LogP contribution in [0.15, 0.2) is 63.4 Å². The number of hydrogen-bond acceptors (Lipinski definition) is 4. The Kier molecular flexibility index (Phi) is 3.91. The van der Waals surface area contributed by atoms with E-state index in [4.69, 9.17) is 0 Å². The number of nitrogens with zero attached hydrogens (tertiary/aromatic N) is 2. The molecule has 2 aromatic carbocycles. The highest BCUT2D eigenvalue weighted by atomic mass is 32.2. The lowest BCUT2D eigenvalue weighted by atomic mass is 10.2. The lowest BCUT2D eigenvalue weighted by Gasteiger charge is -2.14. The number of rotatable bonds is 3. The van der Waals surface area contributed by atoms with Crippen molar-refractivity contribution in [3.8, 4) is 0 Å². The van der Waals surface area contributed by atoms with Crippen LogP contribution < -0.4 is 5.56 Å². The fraction of sp³-hybridized carbons (Fsp3) is 0.222. The Bertz CT molecular complexity index is 936. The second-order valence-corrected chi connectivity index (χ2v) is 7.68. The van der Waals surface area contributed by atoms with Crippen LogP contribution >= 0.6 is 23.5 Å². The predicted molar refractivity (Wildman–Crippen MR) is 97.7 cm³/mol. The Morgan fingerprint density at radius 3 is 2.87 bits per heavy atom. The van der Waals surface area contributed by atoms with E-state index in [1.165, 1.54) is 10.5 Å². The Balaban J connectivity index is 1.66. The summed E-state index contributed by atoms with van der Waals surface area (Å²) in [5.41, 5.74) is 2.17. The molecule has 5 heteroatoms. The van der Waals surface area contributed by atoms with Gasteiger partial charge in [0.15, 0.2) is 5.16 Å². The standard InChI is InChI=1S/C18H16N2OS2/c1-12-6-2-5-9-16(12)22-10-13-11-23-18-19-15-8-4-3-7-14(15)17(21)20(13)18/h2-9,13H,10-11H2,1H3/t13-/m1/s1. The second-order valence-electron chi connectivity index (χ2n) is 5.63. The molecule has 1 aliphatic rings. The third-order valence-electron chi connectivity index (χ3n) is 4.07. The highest BCUT2D eigenvalue weighted by Gasteiger charge is 2.26. The number of fused-ring (bicyclic) bond motifs is 2. The summed E-state index contributed by atoms with van der Waals surface area (Å²) < 4.78 is 1.89. The van der Waals surface area contributed by atoms with Gasteiger partial charge in [0.2, 0.25) is 0 Å². The van der Waals surface area contributed by atoms with Crippen molar-refractivity contribution in [2.45, 2.75) is 23.0 Å². The van der Waals surface area contributed by atoms with Gasteiger partial charge in [0, 0.05) is 16.4 Å². The van der Waals surface area contributed by atoms with Gasteiger partial charge in [0.1, 0.15) is 0 Å². The zero-order chi connectivity index (χ0) is 15.8. The van der Waals surface area contributed by atoms with Gasteiger partial charge in [-0.25, -0.2) is 4.98 Å². The molecule has 0 saturated heterocycles. The van der Waals surface area contributed by atoms with Gasteiger partial charge in [0.25, 0.3) is 5.56 Å². The quantitative estimate of drug-likeness (QED) is 0.530. The Morgan fingerprint density at radius 2 is 2.00 bits per heavy atom. The van der Waals surface area contributed by atoms with E-state index in [1.807, 2.05) is 40.6 Å². The van der Waals surface area contributed by atoms with Crippen LogP contribution in [0.2, 0.25) is 0 Å². The van der Waals surface area contributed by atoms with Gasteiger partial charge in [-0.05, 0) is 30.7 Å². The van der Waals surface area contributed by atoms with Gasteiger partial charge in [-0.3, -0.25) is 9.36 Å². The van der Waals surface area contributed by atoms with Crippen LogP contribution in [0.1, 0.15) is 11.6 Å². The smallest absolute Gasteiger partial charge is 0.262 e. The first kappa shape index (κ1) is 14.8. The topological polar surface area (TPSA) is 34.9 Å². The summed E-state index contributed by atoms with van der Waals surface area (Å²) in [5.74, 6) is 1.81. The van der Waals surface area contributed by atoms with Crippen LogP contribution in [-0.4, -0.2) is 21.1 Å². The van der Waals surface area contributed by atoms with Crippen LogP contribution in [0, 0.1) is 6.92 Å². The third-order valence-corrected chi connectivity index (χ3v) is 6.49. The summed E-state index contributed by atoms with van der Waals surface area (Å²) in [6, 6.07) is 16.2. The molecule has 0 bridgehead atoms. The van der Waals surface area contributed by atoms with E-state index in [-0.39, 0.29) is 11.6 Å². The van der Waals surface area contributed by atoms with Crippen LogP contribution in [0.25, 0.3) is 10.9 Å². The van der Waals surface area contributed by atoms with Gasteiger partial charge in [-0.1, -0.05) is 42.1 Å². The highest BCUT2D eigenvalue weighted by Crippen LogP contribution is 2.35. The number of aromatic nitrogens is 2. The molecule has 0 fully saturated rings. The summed E-state index contributed by atoms with van der Waals surface area (Å²) in [5, 5.41) is 1.56. The van der Waals surface area contributed by atoms with Gasteiger partial charge in [0.05, 0.1) is 16.9 Å². The van der Waals surface area contributed by atoms with E-state index in [2.05, 4.69) is 36.2 Å². The van der Waals surface area contributed by atoms with E-state index in [1.54, 1.807) is 11.8 Å². The molecule has 0 radical (unpaired) electrons. The van der Waals surface area contributed by atoms with Crippen LogP contribution in [0.3, 0.4) is 0 Å². The maximum absolute atomic E-state index is 12.8. The maximum atomic E-state index is 12.8. The number of para-hydroxylation sites is 1. The average molecular weight is 340 g/mol. The fourth-order valence-corrected chi connectivity index (χ4v) is 5.22. The van der Waals surface area contributed by atoms with Crippen molar-refractivity contribution < 1.29 is 0 Å². The highest BCUT2D eigenvalue weighted by molar-refractivity contribution is 8.00. The summed E-state index contributed by atoms with van der Waals surface area (Å²) in [4.78, 5) is 18.8. The summed E-state index contributed by atoms with van der Waals surface area (Å²) in [6.07, 6.45) is 0. The first-order valence-electron chi connectivity index (χ1n) is 7.56. The molecular weight excluding hydrogens is 324 g/mol. The van der Waals surface area contributed by atoms with Crippen LogP contribution in [-0.2, 0) is 0 Å². The molecule has 2 heterocycles. The van der Waals surface area contributed by atoms with E-state index >= 15 is 0 Å². The molecule has 116 valence electrons. The predicted octanol–water partition coefficient (Wildman–Crippen LogP) is 4.14. The first-order chi connectivity index (χ1) is 11.2. The summed E-state index contributed by atoms with van der Waals surface area (Å²) >= 11 is 3.50. The summed E-state index contributed by atoms with van der Waals surface area (Å²) in [6.45, 7) is 2.13. The Hall–Kier alpha value is -1.72. The van der Waals surface area contributed by atoms with E-state index in [0.29, 0.717) is 5.39 Å². The molecule has 1 aliphatic heterocycles. The third kappa shape index (κ3) is 2.68. The van der Waals surface area contributed by atoms with Gasteiger partial charge < -0.3 is 0 Å². The largest absolute Gasteiger partial charge is 0.282 e.